The molecule has 0 saturated carbocycles. The van der Waals surface area contributed by atoms with Crippen molar-refractivity contribution in [1.82, 2.24) is 4.90 Å². The van der Waals surface area contributed by atoms with Gasteiger partial charge in [-0.05, 0) is 30.8 Å². The number of carbonyl (C=O) groups is 1. The zero-order valence-corrected chi connectivity index (χ0v) is 12.4. The zero-order valence-electron chi connectivity index (χ0n) is 10.8. The molecule has 0 bridgehead atoms. The fraction of sp³-hybridized carbons (Fsp3) is 0.615. The standard InChI is InChI=1S/C13H19NO3S.ClH/c15-13(16)5-1-2-6-14-7-8-17-11(10-14)12-4-3-9-18-12;/h3-4,9,11H,1-2,5-8,10H2,(H,15,16);1H. The van der Waals surface area contributed by atoms with Crippen molar-refractivity contribution in [3.63, 3.8) is 0 Å². The number of morpholine rings is 1. The number of unbranched alkanes of at least 4 members (excludes halogenated alkanes) is 1. The molecule has 1 aromatic heterocycles. The Morgan fingerprint density at radius 3 is 3.05 bits per heavy atom. The molecule has 1 saturated heterocycles. The minimum atomic E-state index is -0.701. The number of thiophene rings is 1. The summed E-state index contributed by atoms with van der Waals surface area (Å²) in [5.41, 5.74) is 0. The Kier molecular flexibility index (Phi) is 7.38. The number of carboxylic acid groups (broad SMARTS) is 1. The van der Waals surface area contributed by atoms with Crippen molar-refractivity contribution in [2.24, 2.45) is 0 Å². The first-order chi connectivity index (χ1) is 8.75. The van der Waals surface area contributed by atoms with E-state index in [-0.39, 0.29) is 24.9 Å². The van der Waals surface area contributed by atoms with Gasteiger partial charge in [-0.2, -0.15) is 0 Å². The van der Waals surface area contributed by atoms with E-state index in [2.05, 4.69) is 22.4 Å². The van der Waals surface area contributed by atoms with E-state index >= 15 is 0 Å². The molecule has 108 valence electrons. The largest absolute Gasteiger partial charge is 0.481 e. The Balaban J connectivity index is 0.00000180. The summed E-state index contributed by atoms with van der Waals surface area (Å²) in [6.07, 6.45) is 2.18. The molecule has 1 atom stereocenters. The predicted molar refractivity (Wildman–Crippen MR) is 78.2 cm³/mol. The zero-order chi connectivity index (χ0) is 12.8. The number of carboxylic acids is 1. The van der Waals surface area contributed by atoms with E-state index in [1.807, 2.05) is 0 Å². The Hall–Kier alpha value is -0.620. The van der Waals surface area contributed by atoms with Crippen LogP contribution < -0.4 is 0 Å². The maximum atomic E-state index is 10.4. The van der Waals surface area contributed by atoms with E-state index in [4.69, 9.17) is 9.84 Å². The van der Waals surface area contributed by atoms with Gasteiger partial charge in [-0.15, -0.1) is 23.7 Å². The lowest BCUT2D eigenvalue weighted by Crippen LogP contribution is -2.38. The summed E-state index contributed by atoms with van der Waals surface area (Å²) in [6.45, 7) is 3.61. The summed E-state index contributed by atoms with van der Waals surface area (Å²) >= 11 is 1.73. The fourth-order valence-electron chi connectivity index (χ4n) is 2.16. The lowest BCUT2D eigenvalue weighted by Gasteiger charge is -2.32. The van der Waals surface area contributed by atoms with Crippen LogP contribution >= 0.6 is 23.7 Å². The molecule has 0 aromatic carbocycles. The minimum Gasteiger partial charge on any atom is -0.481 e. The number of halogens is 1. The summed E-state index contributed by atoms with van der Waals surface area (Å²) in [6, 6.07) is 4.17. The van der Waals surface area contributed by atoms with Crippen molar-refractivity contribution in [2.75, 3.05) is 26.2 Å². The maximum Gasteiger partial charge on any atom is 0.303 e. The third-order valence-electron chi connectivity index (χ3n) is 3.13. The van der Waals surface area contributed by atoms with Crippen molar-refractivity contribution in [3.8, 4) is 0 Å². The van der Waals surface area contributed by atoms with Crippen LogP contribution in [0.3, 0.4) is 0 Å². The summed E-state index contributed by atoms with van der Waals surface area (Å²) in [7, 11) is 0. The Morgan fingerprint density at radius 1 is 1.53 bits per heavy atom. The summed E-state index contributed by atoms with van der Waals surface area (Å²) < 4.78 is 5.77. The van der Waals surface area contributed by atoms with E-state index in [1.54, 1.807) is 11.3 Å². The second kappa shape index (κ2) is 8.53. The lowest BCUT2D eigenvalue weighted by molar-refractivity contribution is -0.137. The number of aliphatic carboxylic acids is 1. The minimum absolute atomic E-state index is 0. The van der Waals surface area contributed by atoms with Crippen LogP contribution in [0.1, 0.15) is 30.2 Å². The van der Waals surface area contributed by atoms with Gasteiger partial charge in [0.25, 0.3) is 0 Å². The van der Waals surface area contributed by atoms with Crippen LogP contribution in [0, 0.1) is 0 Å². The first kappa shape index (κ1) is 16.4. The van der Waals surface area contributed by atoms with E-state index in [0.29, 0.717) is 0 Å². The van der Waals surface area contributed by atoms with Crippen LogP contribution in [0.15, 0.2) is 17.5 Å². The SMILES string of the molecule is Cl.O=C(O)CCCCN1CCOC(c2cccs2)C1. The van der Waals surface area contributed by atoms with Crippen LogP contribution in [0.5, 0.6) is 0 Å². The maximum absolute atomic E-state index is 10.4. The molecule has 19 heavy (non-hydrogen) atoms. The van der Waals surface area contributed by atoms with Crippen LogP contribution in [-0.2, 0) is 9.53 Å². The van der Waals surface area contributed by atoms with Gasteiger partial charge in [-0.1, -0.05) is 6.07 Å². The van der Waals surface area contributed by atoms with Crippen molar-refractivity contribution in [1.29, 1.82) is 0 Å². The monoisotopic (exact) mass is 305 g/mol. The lowest BCUT2D eigenvalue weighted by atomic mass is 10.2. The Morgan fingerprint density at radius 2 is 2.37 bits per heavy atom. The van der Waals surface area contributed by atoms with E-state index in [0.717, 1.165) is 39.1 Å². The highest BCUT2D eigenvalue weighted by atomic mass is 35.5. The molecular weight excluding hydrogens is 286 g/mol. The first-order valence-corrected chi connectivity index (χ1v) is 7.23. The second-order valence-corrected chi connectivity index (χ2v) is 5.51. The molecule has 1 N–H and O–H groups in total. The molecule has 1 unspecified atom stereocenters. The fourth-order valence-corrected chi connectivity index (χ4v) is 2.93. The number of rotatable bonds is 6. The van der Waals surface area contributed by atoms with Gasteiger partial charge in [0.05, 0.1) is 6.61 Å². The summed E-state index contributed by atoms with van der Waals surface area (Å²) in [4.78, 5) is 14.1. The Bertz CT molecular complexity index is 372. The topological polar surface area (TPSA) is 49.8 Å². The van der Waals surface area contributed by atoms with E-state index in [9.17, 15) is 4.79 Å². The predicted octanol–water partition coefficient (Wildman–Crippen LogP) is 2.80. The summed E-state index contributed by atoms with van der Waals surface area (Å²) in [5, 5.41) is 10.7. The molecule has 4 nitrogen and oxygen atoms in total. The van der Waals surface area contributed by atoms with Gasteiger partial charge in [0.15, 0.2) is 0 Å². The number of ether oxygens (including phenoxy) is 1. The third kappa shape index (κ3) is 5.48. The van der Waals surface area contributed by atoms with Crippen LogP contribution in [0.4, 0.5) is 0 Å². The van der Waals surface area contributed by atoms with E-state index in [1.165, 1.54) is 4.88 Å². The van der Waals surface area contributed by atoms with Gasteiger partial charge in [-0.3, -0.25) is 9.69 Å². The van der Waals surface area contributed by atoms with Crippen molar-refractivity contribution >= 4 is 29.7 Å². The molecule has 1 aromatic rings. The third-order valence-corrected chi connectivity index (χ3v) is 4.09. The van der Waals surface area contributed by atoms with E-state index < -0.39 is 5.97 Å². The van der Waals surface area contributed by atoms with Gasteiger partial charge in [-0.25, -0.2) is 0 Å². The highest BCUT2D eigenvalue weighted by molar-refractivity contribution is 7.10. The van der Waals surface area contributed by atoms with Crippen molar-refractivity contribution in [3.05, 3.63) is 22.4 Å². The van der Waals surface area contributed by atoms with Crippen molar-refractivity contribution in [2.45, 2.75) is 25.4 Å². The Labute approximate surface area is 123 Å². The molecule has 1 aliphatic rings. The molecule has 0 aliphatic carbocycles. The van der Waals surface area contributed by atoms with Gasteiger partial charge in [0.2, 0.25) is 0 Å². The molecule has 1 aliphatic heterocycles. The molecule has 0 radical (unpaired) electrons. The number of nitrogens with zero attached hydrogens (tertiary/aromatic N) is 1. The van der Waals surface area contributed by atoms with Gasteiger partial charge in [0, 0.05) is 24.4 Å². The van der Waals surface area contributed by atoms with Gasteiger partial charge in [0.1, 0.15) is 6.10 Å². The van der Waals surface area contributed by atoms with Crippen LogP contribution in [0.25, 0.3) is 0 Å². The molecule has 1 fully saturated rings. The number of hydrogen-bond acceptors (Lipinski definition) is 4. The average Bonchev–Trinajstić information content (AvgIpc) is 2.89. The smallest absolute Gasteiger partial charge is 0.303 e. The summed E-state index contributed by atoms with van der Waals surface area (Å²) in [5.74, 6) is -0.701. The molecule has 2 heterocycles. The first-order valence-electron chi connectivity index (χ1n) is 6.35. The molecular formula is C13H20ClNO3S. The van der Waals surface area contributed by atoms with Crippen LogP contribution in [-0.4, -0.2) is 42.2 Å². The van der Waals surface area contributed by atoms with Gasteiger partial charge >= 0.3 is 5.97 Å². The van der Waals surface area contributed by atoms with Gasteiger partial charge < -0.3 is 9.84 Å². The molecule has 6 heteroatoms. The van der Waals surface area contributed by atoms with Crippen LogP contribution in [0.2, 0.25) is 0 Å². The molecule has 2 rings (SSSR count). The highest BCUT2D eigenvalue weighted by Crippen LogP contribution is 2.26. The average molecular weight is 306 g/mol. The van der Waals surface area contributed by atoms with Crippen molar-refractivity contribution < 1.29 is 14.6 Å². The molecule has 0 amide bonds. The second-order valence-electron chi connectivity index (χ2n) is 4.53. The molecule has 0 spiro atoms. The quantitative estimate of drug-likeness (QED) is 0.821. The normalized spacial score (nSPS) is 19.9. The number of hydrogen-bond donors (Lipinski definition) is 1. The highest BCUT2D eigenvalue weighted by Gasteiger charge is 2.22.